The third-order valence-electron chi connectivity index (χ3n) is 3.16. The van der Waals surface area contributed by atoms with Crippen molar-refractivity contribution in [3.63, 3.8) is 0 Å². The second kappa shape index (κ2) is 7.32. The number of hydrogen-bond donors (Lipinski definition) is 0. The zero-order chi connectivity index (χ0) is 14.5. The second-order valence-electron chi connectivity index (χ2n) is 6.51. The highest BCUT2D eigenvalue weighted by Gasteiger charge is 2.38. The van der Waals surface area contributed by atoms with E-state index < -0.39 is 0 Å². The van der Waals surface area contributed by atoms with Crippen LogP contribution in [0.4, 0.5) is 0 Å². The summed E-state index contributed by atoms with van der Waals surface area (Å²) >= 11 is 1.64. The van der Waals surface area contributed by atoms with Crippen molar-refractivity contribution in [2.75, 3.05) is 12.3 Å². The molecule has 2 amide bonds. The van der Waals surface area contributed by atoms with Gasteiger partial charge < -0.3 is 0 Å². The summed E-state index contributed by atoms with van der Waals surface area (Å²) in [6.07, 6.45) is 4.80. The molecule has 1 rings (SSSR count). The standard InChI is InChI=1S/C15H27NO2S/c1-5-6-7-8-9-16-13(17)10-12(14(16)18)19-11-15(2,3)4/h12H,5-11H2,1-4H3. The van der Waals surface area contributed by atoms with Gasteiger partial charge in [-0.3, -0.25) is 14.5 Å². The van der Waals surface area contributed by atoms with Gasteiger partial charge in [0.25, 0.3) is 0 Å². The SMILES string of the molecule is CCCCCCN1C(=O)CC(SCC(C)(C)C)C1=O. The minimum absolute atomic E-state index is 0.0212. The summed E-state index contributed by atoms with van der Waals surface area (Å²) < 4.78 is 0. The molecule has 0 spiro atoms. The van der Waals surface area contributed by atoms with E-state index >= 15 is 0 Å². The Labute approximate surface area is 121 Å². The van der Waals surface area contributed by atoms with Crippen LogP contribution in [0.15, 0.2) is 0 Å². The Balaban J connectivity index is 2.40. The van der Waals surface area contributed by atoms with Gasteiger partial charge in [-0.1, -0.05) is 47.0 Å². The number of rotatable bonds is 7. The van der Waals surface area contributed by atoms with Gasteiger partial charge in [0.1, 0.15) is 0 Å². The Morgan fingerprint density at radius 2 is 1.89 bits per heavy atom. The van der Waals surface area contributed by atoms with E-state index in [1.165, 1.54) is 17.7 Å². The Morgan fingerprint density at radius 1 is 1.21 bits per heavy atom. The van der Waals surface area contributed by atoms with Gasteiger partial charge in [0, 0.05) is 13.0 Å². The highest BCUT2D eigenvalue weighted by Crippen LogP contribution is 2.30. The van der Waals surface area contributed by atoms with Crippen LogP contribution < -0.4 is 0 Å². The van der Waals surface area contributed by atoms with E-state index in [9.17, 15) is 9.59 Å². The van der Waals surface area contributed by atoms with Crippen LogP contribution in [0.3, 0.4) is 0 Å². The van der Waals surface area contributed by atoms with Crippen LogP contribution in [0.25, 0.3) is 0 Å². The van der Waals surface area contributed by atoms with Gasteiger partial charge >= 0.3 is 0 Å². The summed E-state index contributed by atoms with van der Waals surface area (Å²) in [5, 5.41) is -0.141. The highest BCUT2D eigenvalue weighted by atomic mass is 32.2. The molecule has 110 valence electrons. The summed E-state index contributed by atoms with van der Waals surface area (Å²) in [4.78, 5) is 25.5. The Morgan fingerprint density at radius 3 is 2.47 bits per heavy atom. The molecule has 1 atom stereocenters. The molecule has 0 saturated carbocycles. The third-order valence-corrected chi connectivity index (χ3v) is 4.96. The van der Waals surface area contributed by atoms with Gasteiger partial charge in [0.15, 0.2) is 0 Å². The van der Waals surface area contributed by atoms with E-state index in [0.717, 1.165) is 18.6 Å². The summed E-state index contributed by atoms with van der Waals surface area (Å²) in [6, 6.07) is 0. The fourth-order valence-electron chi connectivity index (χ4n) is 2.07. The van der Waals surface area contributed by atoms with Crippen LogP contribution in [0, 0.1) is 5.41 Å². The van der Waals surface area contributed by atoms with Crippen LogP contribution in [0.1, 0.15) is 59.8 Å². The smallest absolute Gasteiger partial charge is 0.242 e. The molecule has 1 heterocycles. The maximum atomic E-state index is 12.2. The van der Waals surface area contributed by atoms with Crippen molar-refractivity contribution < 1.29 is 9.59 Å². The molecule has 1 aliphatic heterocycles. The van der Waals surface area contributed by atoms with Crippen molar-refractivity contribution in [1.82, 2.24) is 4.90 Å². The van der Waals surface area contributed by atoms with E-state index in [-0.39, 0.29) is 22.5 Å². The molecule has 0 aromatic heterocycles. The zero-order valence-corrected chi connectivity index (χ0v) is 13.5. The normalized spacial score (nSPS) is 20.4. The fourth-order valence-corrected chi connectivity index (χ4v) is 3.30. The molecule has 3 nitrogen and oxygen atoms in total. The van der Waals surface area contributed by atoms with E-state index in [2.05, 4.69) is 27.7 Å². The summed E-state index contributed by atoms with van der Waals surface area (Å²) in [5.74, 6) is 0.976. The van der Waals surface area contributed by atoms with Crippen molar-refractivity contribution in [2.45, 2.75) is 65.0 Å². The molecule has 19 heavy (non-hydrogen) atoms. The lowest BCUT2D eigenvalue weighted by Gasteiger charge is -2.19. The molecule has 1 fully saturated rings. The second-order valence-corrected chi connectivity index (χ2v) is 7.70. The average Bonchev–Trinajstić information content (AvgIpc) is 2.58. The van der Waals surface area contributed by atoms with Gasteiger partial charge in [-0.25, -0.2) is 0 Å². The monoisotopic (exact) mass is 285 g/mol. The first kappa shape index (κ1) is 16.5. The number of carbonyl (C=O) groups excluding carboxylic acids is 2. The zero-order valence-electron chi connectivity index (χ0n) is 12.7. The summed E-state index contributed by atoms with van der Waals surface area (Å²) in [5.41, 5.74) is 0.197. The molecular formula is C15H27NO2S. The van der Waals surface area contributed by atoms with Gasteiger partial charge in [0.05, 0.1) is 5.25 Å². The van der Waals surface area contributed by atoms with Gasteiger partial charge in [0.2, 0.25) is 11.8 Å². The third kappa shape index (κ3) is 5.55. The molecule has 1 saturated heterocycles. The van der Waals surface area contributed by atoms with Crippen LogP contribution in [-0.2, 0) is 9.59 Å². The Bertz CT molecular complexity index is 323. The summed E-state index contributed by atoms with van der Waals surface area (Å²) in [7, 11) is 0. The van der Waals surface area contributed by atoms with Crippen LogP contribution in [-0.4, -0.2) is 34.3 Å². The van der Waals surface area contributed by atoms with E-state index in [1.807, 2.05) is 0 Å². The lowest BCUT2D eigenvalue weighted by molar-refractivity contribution is -0.138. The number of hydrogen-bond acceptors (Lipinski definition) is 3. The highest BCUT2D eigenvalue weighted by molar-refractivity contribution is 8.00. The van der Waals surface area contributed by atoms with Crippen molar-refractivity contribution in [1.29, 1.82) is 0 Å². The lowest BCUT2D eigenvalue weighted by atomic mass is 10.0. The minimum Gasteiger partial charge on any atom is -0.282 e. The molecule has 0 aliphatic carbocycles. The number of likely N-dealkylation sites (tertiary alicyclic amines) is 1. The minimum atomic E-state index is -0.141. The molecule has 1 aliphatic rings. The molecule has 0 N–H and O–H groups in total. The molecular weight excluding hydrogens is 258 g/mol. The number of unbranched alkanes of at least 4 members (excludes halogenated alkanes) is 3. The fraction of sp³-hybridized carbons (Fsp3) is 0.867. The summed E-state index contributed by atoms with van der Waals surface area (Å²) in [6.45, 7) is 9.24. The molecule has 0 aromatic carbocycles. The van der Waals surface area contributed by atoms with Crippen molar-refractivity contribution in [3.8, 4) is 0 Å². The van der Waals surface area contributed by atoms with Crippen molar-refractivity contribution in [2.24, 2.45) is 5.41 Å². The molecule has 0 aromatic rings. The van der Waals surface area contributed by atoms with Crippen LogP contribution in [0.5, 0.6) is 0 Å². The Kier molecular flexibility index (Phi) is 6.37. The quantitative estimate of drug-likeness (QED) is 0.531. The number of carbonyl (C=O) groups is 2. The topological polar surface area (TPSA) is 37.4 Å². The van der Waals surface area contributed by atoms with Crippen LogP contribution in [0.2, 0.25) is 0 Å². The van der Waals surface area contributed by atoms with Gasteiger partial charge in [-0.15, -0.1) is 11.8 Å². The number of amides is 2. The van der Waals surface area contributed by atoms with E-state index in [1.54, 1.807) is 11.8 Å². The first-order valence-corrected chi connectivity index (χ1v) is 8.36. The number of nitrogens with zero attached hydrogens (tertiary/aromatic N) is 1. The van der Waals surface area contributed by atoms with Gasteiger partial charge in [-0.05, 0) is 17.6 Å². The Hall–Kier alpha value is -0.510. The van der Waals surface area contributed by atoms with Crippen molar-refractivity contribution >= 4 is 23.6 Å². The first-order chi connectivity index (χ1) is 8.85. The van der Waals surface area contributed by atoms with Gasteiger partial charge in [-0.2, -0.15) is 0 Å². The maximum absolute atomic E-state index is 12.2. The lowest BCUT2D eigenvalue weighted by Crippen LogP contribution is -2.32. The van der Waals surface area contributed by atoms with E-state index in [4.69, 9.17) is 0 Å². The number of thioether (sulfide) groups is 1. The predicted molar refractivity (Wildman–Crippen MR) is 81.2 cm³/mol. The van der Waals surface area contributed by atoms with Crippen molar-refractivity contribution in [3.05, 3.63) is 0 Å². The largest absolute Gasteiger partial charge is 0.282 e. The molecule has 4 heteroatoms. The number of imide groups is 1. The van der Waals surface area contributed by atoms with Crippen LogP contribution >= 0.6 is 11.8 Å². The average molecular weight is 285 g/mol. The predicted octanol–water partition coefficient (Wildman–Crippen LogP) is 3.47. The first-order valence-electron chi connectivity index (χ1n) is 7.31. The molecule has 0 radical (unpaired) electrons. The molecule has 1 unspecified atom stereocenters. The van der Waals surface area contributed by atoms with E-state index in [0.29, 0.717) is 13.0 Å². The molecule has 0 bridgehead atoms. The maximum Gasteiger partial charge on any atom is 0.242 e.